The molecule has 1 fully saturated rings. The van der Waals surface area contributed by atoms with Gasteiger partial charge in [-0.2, -0.15) is 0 Å². The van der Waals surface area contributed by atoms with E-state index < -0.39 is 36.1 Å². The van der Waals surface area contributed by atoms with E-state index in [0.717, 1.165) is 0 Å². The molecule has 0 aromatic rings. The molecule has 1 aliphatic rings. The summed E-state index contributed by atoms with van der Waals surface area (Å²) in [6.45, 7) is 1.32. The molecular weight excluding hydrogens is 218 g/mol. The molecule has 0 saturated carbocycles. The Hall–Kier alpha value is -1.63. The van der Waals surface area contributed by atoms with Crippen LogP contribution in [0.1, 0.15) is 19.8 Å². The molecule has 0 aliphatic carbocycles. The van der Waals surface area contributed by atoms with Gasteiger partial charge in [0.05, 0.1) is 0 Å². The standard InChI is InChI=1S/C9H13NO6/c1-4(8(12)13)10-7(11)5-2-3-6(16-5)9(14)15/h4-6H,2-3H2,1H3,(H,10,11)(H,12,13)(H,14,15). The van der Waals surface area contributed by atoms with Crippen molar-refractivity contribution in [2.75, 3.05) is 0 Å². The maximum atomic E-state index is 11.4. The van der Waals surface area contributed by atoms with Gasteiger partial charge in [-0.1, -0.05) is 0 Å². The second-order valence-corrected chi connectivity index (χ2v) is 3.60. The summed E-state index contributed by atoms with van der Waals surface area (Å²) in [6.07, 6.45) is -1.30. The van der Waals surface area contributed by atoms with Gasteiger partial charge < -0.3 is 20.3 Å². The van der Waals surface area contributed by atoms with Gasteiger partial charge in [0, 0.05) is 0 Å². The first kappa shape index (κ1) is 12.4. The summed E-state index contributed by atoms with van der Waals surface area (Å²) in [4.78, 5) is 32.5. The molecule has 1 heterocycles. The van der Waals surface area contributed by atoms with Crippen molar-refractivity contribution in [3.63, 3.8) is 0 Å². The number of nitrogens with one attached hydrogen (secondary N) is 1. The lowest BCUT2D eigenvalue weighted by Gasteiger charge is -2.14. The quantitative estimate of drug-likeness (QED) is 0.584. The maximum Gasteiger partial charge on any atom is 0.332 e. The highest BCUT2D eigenvalue weighted by atomic mass is 16.5. The maximum absolute atomic E-state index is 11.4. The van der Waals surface area contributed by atoms with Crippen molar-refractivity contribution >= 4 is 17.8 Å². The van der Waals surface area contributed by atoms with Crippen LogP contribution in [0.2, 0.25) is 0 Å². The first-order chi connectivity index (χ1) is 7.41. The van der Waals surface area contributed by atoms with Crippen LogP contribution in [-0.2, 0) is 19.1 Å². The van der Waals surface area contributed by atoms with Crippen molar-refractivity contribution in [2.45, 2.75) is 38.0 Å². The predicted octanol–water partition coefficient (Wildman–Crippen LogP) is -0.792. The van der Waals surface area contributed by atoms with Gasteiger partial charge in [-0.05, 0) is 19.8 Å². The molecule has 0 spiro atoms. The van der Waals surface area contributed by atoms with E-state index in [1.807, 2.05) is 0 Å². The van der Waals surface area contributed by atoms with E-state index in [2.05, 4.69) is 5.32 Å². The first-order valence-corrected chi connectivity index (χ1v) is 4.83. The van der Waals surface area contributed by atoms with E-state index >= 15 is 0 Å². The highest BCUT2D eigenvalue weighted by Gasteiger charge is 2.35. The summed E-state index contributed by atoms with van der Waals surface area (Å²) < 4.78 is 4.96. The minimum absolute atomic E-state index is 0.259. The number of hydrogen-bond donors (Lipinski definition) is 3. The van der Waals surface area contributed by atoms with Crippen LogP contribution in [0.4, 0.5) is 0 Å². The number of hydrogen-bond acceptors (Lipinski definition) is 4. The number of aliphatic carboxylic acids is 2. The van der Waals surface area contributed by atoms with Gasteiger partial charge in [-0.3, -0.25) is 9.59 Å². The lowest BCUT2D eigenvalue weighted by molar-refractivity contribution is -0.153. The van der Waals surface area contributed by atoms with Crippen molar-refractivity contribution in [1.82, 2.24) is 5.32 Å². The minimum atomic E-state index is -1.15. The van der Waals surface area contributed by atoms with Crippen molar-refractivity contribution in [3.05, 3.63) is 0 Å². The van der Waals surface area contributed by atoms with E-state index in [1.54, 1.807) is 0 Å². The van der Waals surface area contributed by atoms with Gasteiger partial charge in [0.1, 0.15) is 12.1 Å². The summed E-state index contributed by atoms with van der Waals surface area (Å²) in [5, 5.41) is 19.4. The molecule has 7 nitrogen and oxygen atoms in total. The molecule has 1 rings (SSSR count). The van der Waals surface area contributed by atoms with Gasteiger partial charge in [-0.15, -0.1) is 0 Å². The van der Waals surface area contributed by atoms with E-state index in [1.165, 1.54) is 6.92 Å². The highest BCUT2D eigenvalue weighted by Crippen LogP contribution is 2.19. The fourth-order valence-electron chi connectivity index (χ4n) is 1.38. The molecule has 0 bridgehead atoms. The van der Waals surface area contributed by atoms with Crippen molar-refractivity contribution in [1.29, 1.82) is 0 Å². The second-order valence-electron chi connectivity index (χ2n) is 3.60. The zero-order valence-electron chi connectivity index (χ0n) is 8.67. The summed E-state index contributed by atoms with van der Waals surface area (Å²) in [7, 11) is 0. The van der Waals surface area contributed by atoms with Gasteiger partial charge in [0.15, 0.2) is 6.10 Å². The fraction of sp³-hybridized carbons (Fsp3) is 0.667. The van der Waals surface area contributed by atoms with Crippen molar-refractivity contribution < 1.29 is 29.3 Å². The number of rotatable bonds is 4. The third-order valence-electron chi connectivity index (χ3n) is 2.32. The predicted molar refractivity (Wildman–Crippen MR) is 50.8 cm³/mol. The third kappa shape index (κ3) is 2.93. The van der Waals surface area contributed by atoms with Crippen molar-refractivity contribution in [2.24, 2.45) is 0 Å². The summed E-state index contributed by atoms with van der Waals surface area (Å²) in [6, 6.07) is -1.01. The Morgan fingerprint density at radius 2 is 1.81 bits per heavy atom. The van der Waals surface area contributed by atoms with E-state index in [-0.39, 0.29) is 12.8 Å². The molecule has 1 aliphatic heterocycles. The molecule has 3 N–H and O–H groups in total. The van der Waals surface area contributed by atoms with Crippen LogP contribution >= 0.6 is 0 Å². The molecule has 3 unspecified atom stereocenters. The van der Waals surface area contributed by atoms with E-state index in [4.69, 9.17) is 14.9 Å². The molecule has 3 atom stereocenters. The monoisotopic (exact) mass is 231 g/mol. The Bertz CT molecular complexity index is 315. The Kier molecular flexibility index (Phi) is 3.83. The topological polar surface area (TPSA) is 113 Å². The zero-order chi connectivity index (χ0) is 12.3. The summed E-state index contributed by atoms with van der Waals surface area (Å²) in [5.41, 5.74) is 0. The molecule has 7 heteroatoms. The second kappa shape index (κ2) is 4.93. The molecule has 90 valence electrons. The average Bonchev–Trinajstić information content (AvgIpc) is 2.65. The van der Waals surface area contributed by atoms with Crippen LogP contribution in [0.15, 0.2) is 0 Å². The molecule has 0 aromatic carbocycles. The number of carbonyl (C=O) groups excluding carboxylic acids is 1. The number of carbonyl (C=O) groups is 3. The van der Waals surface area contributed by atoms with Crippen molar-refractivity contribution in [3.8, 4) is 0 Å². The Morgan fingerprint density at radius 3 is 2.25 bits per heavy atom. The lowest BCUT2D eigenvalue weighted by Crippen LogP contribution is -2.44. The van der Waals surface area contributed by atoms with Crippen LogP contribution in [-0.4, -0.2) is 46.3 Å². The van der Waals surface area contributed by atoms with Gasteiger partial charge in [0.2, 0.25) is 5.91 Å². The van der Waals surface area contributed by atoms with E-state index in [9.17, 15) is 14.4 Å². The molecule has 1 amide bonds. The number of carboxylic acids is 2. The highest BCUT2D eigenvalue weighted by molar-refractivity contribution is 5.86. The summed E-state index contributed by atoms with van der Waals surface area (Å²) in [5.74, 6) is -2.85. The summed E-state index contributed by atoms with van der Waals surface area (Å²) >= 11 is 0. The SMILES string of the molecule is CC(NC(=O)C1CCC(C(=O)O)O1)C(=O)O. The molecular formula is C9H13NO6. The average molecular weight is 231 g/mol. The smallest absolute Gasteiger partial charge is 0.332 e. The van der Waals surface area contributed by atoms with Crippen LogP contribution in [0.5, 0.6) is 0 Å². The minimum Gasteiger partial charge on any atom is -0.480 e. The van der Waals surface area contributed by atoms with Crippen LogP contribution in [0, 0.1) is 0 Å². The van der Waals surface area contributed by atoms with Gasteiger partial charge >= 0.3 is 11.9 Å². The third-order valence-corrected chi connectivity index (χ3v) is 2.32. The number of amides is 1. The van der Waals surface area contributed by atoms with Gasteiger partial charge in [0.25, 0.3) is 0 Å². The Labute approximate surface area is 91.4 Å². The van der Waals surface area contributed by atoms with Gasteiger partial charge in [-0.25, -0.2) is 4.79 Å². The number of ether oxygens (including phenoxy) is 1. The van der Waals surface area contributed by atoms with Crippen LogP contribution < -0.4 is 5.32 Å². The molecule has 16 heavy (non-hydrogen) atoms. The Morgan fingerprint density at radius 1 is 1.25 bits per heavy atom. The number of carboxylic acid groups (broad SMARTS) is 2. The molecule has 0 aromatic heterocycles. The van der Waals surface area contributed by atoms with Crippen LogP contribution in [0.25, 0.3) is 0 Å². The molecule has 1 saturated heterocycles. The largest absolute Gasteiger partial charge is 0.480 e. The van der Waals surface area contributed by atoms with Crippen LogP contribution in [0.3, 0.4) is 0 Å². The first-order valence-electron chi connectivity index (χ1n) is 4.83. The normalized spacial score (nSPS) is 26.1. The Balaban J connectivity index is 2.45. The fourth-order valence-corrected chi connectivity index (χ4v) is 1.38. The molecule has 0 radical (unpaired) electrons. The van der Waals surface area contributed by atoms with E-state index in [0.29, 0.717) is 0 Å². The lowest BCUT2D eigenvalue weighted by atomic mass is 10.2. The zero-order valence-corrected chi connectivity index (χ0v) is 8.67.